The summed E-state index contributed by atoms with van der Waals surface area (Å²) in [6.45, 7) is 2.70. The molecule has 0 aromatic rings. The van der Waals surface area contributed by atoms with E-state index in [9.17, 15) is 9.59 Å². The Hall–Kier alpha value is -1.36. The number of hydrogen-bond donors (Lipinski definition) is 0. The summed E-state index contributed by atoms with van der Waals surface area (Å²) in [5.41, 5.74) is 0. The average Bonchev–Trinajstić information content (AvgIpc) is 2.87. The fourth-order valence-corrected chi connectivity index (χ4v) is 1.70. The van der Waals surface area contributed by atoms with Gasteiger partial charge in [0.15, 0.2) is 0 Å². The van der Waals surface area contributed by atoms with Crippen LogP contribution >= 0.6 is 0 Å². The minimum absolute atomic E-state index is 0.164. The Balaban J connectivity index is 1.96. The molecule has 5 heteroatoms. The summed E-state index contributed by atoms with van der Waals surface area (Å²) < 4.78 is 15.3. The summed E-state index contributed by atoms with van der Waals surface area (Å²) in [5.74, 6) is -0.685. The van der Waals surface area contributed by atoms with Crippen LogP contribution < -0.4 is 0 Å². The SMILES string of the molecule is CC(=O)O[C@H]1C=C[C@@H](OC(C)=O)[C@@H]2O[C@@H]21. The van der Waals surface area contributed by atoms with Crippen molar-refractivity contribution in [2.45, 2.75) is 38.3 Å². The van der Waals surface area contributed by atoms with Gasteiger partial charge in [0.2, 0.25) is 0 Å². The summed E-state index contributed by atoms with van der Waals surface area (Å²) in [5, 5.41) is 0. The zero-order chi connectivity index (χ0) is 11.0. The van der Waals surface area contributed by atoms with Crippen LogP contribution in [0.25, 0.3) is 0 Å². The molecule has 0 bridgehead atoms. The van der Waals surface area contributed by atoms with Crippen molar-refractivity contribution in [2.24, 2.45) is 0 Å². The van der Waals surface area contributed by atoms with Gasteiger partial charge in [0.25, 0.3) is 0 Å². The van der Waals surface area contributed by atoms with Gasteiger partial charge < -0.3 is 14.2 Å². The van der Waals surface area contributed by atoms with Crippen molar-refractivity contribution in [2.75, 3.05) is 0 Å². The van der Waals surface area contributed by atoms with Crippen molar-refractivity contribution < 1.29 is 23.8 Å². The van der Waals surface area contributed by atoms with Crippen LogP contribution in [0.4, 0.5) is 0 Å². The highest BCUT2D eigenvalue weighted by molar-refractivity contribution is 5.67. The number of esters is 2. The zero-order valence-corrected chi connectivity index (χ0v) is 8.51. The quantitative estimate of drug-likeness (QED) is 0.371. The normalized spacial score (nSPS) is 36.7. The minimum Gasteiger partial charge on any atom is -0.455 e. The van der Waals surface area contributed by atoms with Crippen LogP contribution in [0.3, 0.4) is 0 Å². The maximum Gasteiger partial charge on any atom is 0.303 e. The van der Waals surface area contributed by atoms with Gasteiger partial charge in [-0.3, -0.25) is 9.59 Å². The molecule has 5 nitrogen and oxygen atoms in total. The molecule has 82 valence electrons. The van der Waals surface area contributed by atoms with Crippen LogP contribution in [0, 0.1) is 0 Å². The van der Waals surface area contributed by atoms with Crippen molar-refractivity contribution in [3.8, 4) is 0 Å². The molecule has 15 heavy (non-hydrogen) atoms. The molecule has 0 unspecified atom stereocenters. The molecule has 2 aliphatic rings. The molecular formula is C10H12O5. The Bertz CT molecular complexity index is 292. The minimum atomic E-state index is -0.348. The van der Waals surface area contributed by atoms with E-state index in [1.165, 1.54) is 13.8 Å². The summed E-state index contributed by atoms with van der Waals surface area (Å²) in [7, 11) is 0. The molecule has 0 aromatic carbocycles. The van der Waals surface area contributed by atoms with E-state index < -0.39 is 0 Å². The number of rotatable bonds is 2. The van der Waals surface area contributed by atoms with Crippen molar-refractivity contribution in [3.05, 3.63) is 12.2 Å². The third-order valence-corrected chi connectivity index (χ3v) is 2.30. The lowest BCUT2D eigenvalue weighted by Crippen LogP contribution is -2.32. The van der Waals surface area contributed by atoms with Gasteiger partial charge in [0.1, 0.15) is 24.4 Å². The summed E-state index contributed by atoms with van der Waals surface area (Å²) >= 11 is 0. The monoisotopic (exact) mass is 212 g/mol. The van der Waals surface area contributed by atoms with Crippen molar-refractivity contribution in [3.63, 3.8) is 0 Å². The molecule has 2 rings (SSSR count). The maximum absolute atomic E-state index is 10.7. The summed E-state index contributed by atoms with van der Waals surface area (Å²) in [6, 6.07) is 0. The van der Waals surface area contributed by atoms with Gasteiger partial charge in [-0.15, -0.1) is 0 Å². The van der Waals surface area contributed by atoms with Gasteiger partial charge in [-0.1, -0.05) is 0 Å². The molecular weight excluding hydrogens is 200 g/mol. The Morgan fingerprint density at radius 1 is 1.00 bits per heavy atom. The van der Waals surface area contributed by atoms with E-state index in [0.717, 1.165) is 0 Å². The third kappa shape index (κ3) is 2.18. The lowest BCUT2D eigenvalue weighted by atomic mass is 10.0. The molecule has 0 amide bonds. The van der Waals surface area contributed by atoms with Crippen LogP contribution in [0.2, 0.25) is 0 Å². The lowest BCUT2D eigenvalue weighted by molar-refractivity contribution is -0.147. The lowest BCUT2D eigenvalue weighted by Gasteiger charge is -2.18. The molecule has 1 heterocycles. The first-order chi connectivity index (χ1) is 7.08. The summed E-state index contributed by atoms with van der Waals surface area (Å²) in [6.07, 6.45) is 2.37. The molecule has 1 aliphatic carbocycles. The second kappa shape index (κ2) is 3.66. The van der Waals surface area contributed by atoms with Crippen molar-refractivity contribution in [1.29, 1.82) is 0 Å². The van der Waals surface area contributed by atoms with Crippen molar-refractivity contribution in [1.82, 2.24) is 0 Å². The topological polar surface area (TPSA) is 65.1 Å². The van der Waals surface area contributed by atoms with Gasteiger partial charge in [0, 0.05) is 13.8 Å². The van der Waals surface area contributed by atoms with Gasteiger partial charge in [0.05, 0.1) is 0 Å². The number of ether oxygens (including phenoxy) is 3. The second-order valence-electron chi connectivity index (χ2n) is 3.60. The molecule has 0 saturated carbocycles. The number of carbonyl (C=O) groups excluding carboxylic acids is 2. The summed E-state index contributed by atoms with van der Waals surface area (Å²) in [4.78, 5) is 21.5. The second-order valence-corrected chi connectivity index (χ2v) is 3.60. The maximum atomic E-state index is 10.7. The first-order valence-electron chi connectivity index (χ1n) is 4.76. The van der Waals surface area contributed by atoms with E-state index in [1.807, 2.05) is 0 Å². The first-order valence-corrected chi connectivity index (χ1v) is 4.76. The van der Waals surface area contributed by atoms with Gasteiger partial charge in [-0.25, -0.2) is 0 Å². The van der Waals surface area contributed by atoms with Crippen LogP contribution in [0.1, 0.15) is 13.8 Å². The van der Waals surface area contributed by atoms with E-state index in [2.05, 4.69) is 0 Å². The fourth-order valence-electron chi connectivity index (χ4n) is 1.70. The zero-order valence-electron chi connectivity index (χ0n) is 8.51. The van der Waals surface area contributed by atoms with Gasteiger partial charge >= 0.3 is 11.9 Å². The molecule has 1 saturated heterocycles. The molecule has 1 fully saturated rings. The van der Waals surface area contributed by atoms with Crippen LogP contribution in [-0.4, -0.2) is 36.4 Å². The standard InChI is InChI=1S/C10H12O5/c1-5(11)13-7-3-4-8(14-6(2)12)10-9(7)15-10/h3-4,7-10H,1-2H3/t7-,8+,9+,10-. The number of hydrogen-bond acceptors (Lipinski definition) is 5. The Morgan fingerprint density at radius 3 is 1.73 bits per heavy atom. The largest absolute Gasteiger partial charge is 0.455 e. The van der Waals surface area contributed by atoms with E-state index in [1.54, 1.807) is 12.2 Å². The van der Waals surface area contributed by atoms with Crippen LogP contribution in [0.5, 0.6) is 0 Å². The molecule has 0 N–H and O–H groups in total. The predicted molar refractivity (Wildman–Crippen MR) is 48.9 cm³/mol. The highest BCUT2D eigenvalue weighted by Crippen LogP contribution is 2.36. The highest BCUT2D eigenvalue weighted by atomic mass is 16.7. The van der Waals surface area contributed by atoms with E-state index in [4.69, 9.17) is 14.2 Å². The third-order valence-electron chi connectivity index (χ3n) is 2.30. The Kier molecular flexibility index (Phi) is 2.48. The Labute approximate surface area is 87.0 Å². The van der Waals surface area contributed by atoms with E-state index in [0.29, 0.717) is 0 Å². The molecule has 0 aromatic heterocycles. The number of epoxide rings is 1. The van der Waals surface area contributed by atoms with Gasteiger partial charge in [-0.05, 0) is 12.2 Å². The molecule has 1 aliphatic heterocycles. The fraction of sp³-hybridized carbons (Fsp3) is 0.600. The smallest absolute Gasteiger partial charge is 0.303 e. The first kappa shape index (κ1) is 10.2. The molecule has 4 atom stereocenters. The van der Waals surface area contributed by atoms with Crippen LogP contribution in [0.15, 0.2) is 12.2 Å². The Morgan fingerprint density at radius 2 is 1.40 bits per heavy atom. The van der Waals surface area contributed by atoms with Crippen LogP contribution in [-0.2, 0) is 23.8 Å². The van der Waals surface area contributed by atoms with Crippen molar-refractivity contribution >= 4 is 11.9 Å². The van der Waals surface area contributed by atoms with E-state index in [-0.39, 0.29) is 36.4 Å². The van der Waals surface area contributed by atoms with E-state index >= 15 is 0 Å². The highest BCUT2D eigenvalue weighted by Gasteiger charge is 2.53. The number of carbonyl (C=O) groups is 2. The average molecular weight is 212 g/mol. The number of fused-ring (bicyclic) bond motifs is 1. The molecule has 0 spiro atoms. The molecule has 0 radical (unpaired) electrons. The predicted octanol–water partition coefficient (Wildman–Crippen LogP) is 0.187. The van der Waals surface area contributed by atoms with Gasteiger partial charge in [-0.2, -0.15) is 0 Å².